The SMILES string of the molecule is C#C.C=C1N=C(C2=C(c3ccc4c(c3)CCC4)C[C@H](CCCc3cccc(OCCCC(F)(F)F)c3)NC2=O)NO1. The molecule has 0 saturated carbocycles. The van der Waals surface area contributed by atoms with Crippen LogP contribution >= 0.6 is 0 Å². The van der Waals surface area contributed by atoms with Crippen LogP contribution in [-0.2, 0) is 28.9 Å². The van der Waals surface area contributed by atoms with Gasteiger partial charge >= 0.3 is 6.18 Å². The molecule has 1 amide bonds. The van der Waals surface area contributed by atoms with Crippen molar-refractivity contribution in [3.8, 4) is 18.6 Å². The first-order valence-corrected chi connectivity index (χ1v) is 13.7. The van der Waals surface area contributed by atoms with Crippen molar-refractivity contribution in [1.29, 1.82) is 0 Å². The molecule has 0 aromatic heterocycles. The van der Waals surface area contributed by atoms with Crippen molar-refractivity contribution in [1.82, 2.24) is 10.8 Å². The topological polar surface area (TPSA) is 72.0 Å². The fourth-order valence-corrected chi connectivity index (χ4v) is 5.43. The van der Waals surface area contributed by atoms with Crippen molar-refractivity contribution >= 4 is 17.3 Å². The van der Waals surface area contributed by atoms with Gasteiger partial charge in [-0.1, -0.05) is 30.3 Å². The van der Waals surface area contributed by atoms with Gasteiger partial charge in [0, 0.05) is 12.5 Å². The van der Waals surface area contributed by atoms with Crippen LogP contribution in [0.5, 0.6) is 5.75 Å². The highest BCUT2D eigenvalue weighted by molar-refractivity contribution is 6.26. The molecule has 0 saturated heterocycles. The Hall–Kier alpha value is -4.19. The molecule has 2 aromatic rings. The number of ether oxygens (including phenoxy) is 1. The Kier molecular flexibility index (Phi) is 9.77. The van der Waals surface area contributed by atoms with Gasteiger partial charge in [0.2, 0.25) is 5.88 Å². The molecule has 2 N–H and O–H groups in total. The molecule has 0 radical (unpaired) electrons. The number of aliphatic imine (C=N–C) groups is 1. The molecule has 3 aliphatic rings. The summed E-state index contributed by atoms with van der Waals surface area (Å²) >= 11 is 0. The number of nitrogens with zero attached hydrogens (tertiary/aromatic N) is 1. The molecule has 1 aliphatic carbocycles. The number of alkyl halides is 3. The van der Waals surface area contributed by atoms with Crippen LogP contribution in [0, 0.1) is 12.8 Å². The summed E-state index contributed by atoms with van der Waals surface area (Å²) < 4.78 is 42.6. The van der Waals surface area contributed by atoms with E-state index in [1.165, 1.54) is 11.1 Å². The number of aryl methyl sites for hydroxylation is 3. The molecule has 5 rings (SSSR count). The Bertz CT molecular complexity index is 1360. The molecule has 0 unspecified atom stereocenters. The number of fused-ring (bicyclic) bond motifs is 1. The average molecular weight is 566 g/mol. The Morgan fingerprint density at radius 1 is 1.10 bits per heavy atom. The molecular formula is C32H34F3N3O3. The van der Waals surface area contributed by atoms with Crippen molar-refractivity contribution in [3.05, 3.63) is 82.8 Å². The van der Waals surface area contributed by atoms with Crippen LogP contribution < -0.4 is 15.5 Å². The quantitative estimate of drug-likeness (QED) is 0.265. The van der Waals surface area contributed by atoms with E-state index in [1.807, 2.05) is 18.2 Å². The molecular weight excluding hydrogens is 531 g/mol. The van der Waals surface area contributed by atoms with E-state index in [0.29, 0.717) is 23.6 Å². The van der Waals surface area contributed by atoms with Crippen molar-refractivity contribution in [2.45, 2.75) is 70.0 Å². The van der Waals surface area contributed by atoms with Crippen LogP contribution in [0.2, 0.25) is 0 Å². The van der Waals surface area contributed by atoms with Crippen LogP contribution in [0.15, 0.2) is 65.5 Å². The number of benzene rings is 2. The number of nitrogens with one attached hydrogen (secondary N) is 2. The minimum absolute atomic E-state index is 0.0236. The lowest BCUT2D eigenvalue weighted by Crippen LogP contribution is -2.43. The third-order valence-corrected chi connectivity index (χ3v) is 7.29. The van der Waals surface area contributed by atoms with E-state index in [9.17, 15) is 18.0 Å². The number of amides is 1. The highest BCUT2D eigenvalue weighted by Gasteiger charge is 2.33. The summed E-state index contributed by atoms with van der Waals surface area (Å²) in [6, 6.07) is 13.9. The number of carbonyl (C=O) groups excluding carboxylic acids is 1. The predicted octanol–water partition coefficient (Wildman–Crippen LogP) is 6.22. The second-order valence-corrected chi connectivity index (χ2v) is 10.2. The second-order valence-electron chi connectivity index (χ2n) is 10.2. The lowest BCUT2D eigenvalue weighted by Gasteiger charge is -2.28. The molecule has 2 aromatic carbocycles. The van der Waals surface area contributed by atoms with E-state index in [-0.39, 0.29) is 30.9 Å². The zero-order valence-corrected chi connectivity index (χ0v) is 22.9. The zero-order valence-electron chi connectivity index (χ0n) is 22.9. The van der Waals surface area contributed by atoms with E-state index in [2.05, 4.69) is 53.4 Å². The minimum Gasteiger partial charge on any atom is -0.494 e. The van der Waals surface area contributed by atoms with E-state index in [1.54, 1.807) is 6.07 Å². The van der Waals surface area contributed by atoms with E-state index in [0.717, 1.165) is 55.2 Å². The third-order valence-electron chi connectivity index (χ3n) is 7.29. The molecule has 1 atom stereocenters. The van der Waals surface area contributed by atoms with Gasteiger partial charge in [0.15, 0.2) is 5.84 Å². The lowest BCUT2D eigenvalue weighted by atomic mass is 9.86. The Balaban J connectivity index is 0.00000189. The first-order valence-electron chi connectivity index (χ1n) is 13.7. The van der Waals surface area contributed by atoms with E-state index < -0.39 is 12.6 Å². The predicted molar refractivity (Wildman–Crippen MR) is 153 cm³/mol. The number of halogens is 3. The average Bonchev–Trinajstić information content (AvgIpc) is 3.60. The number of hydrogen-bond acceptors (Lipinski definition) is 5. The summed E-state index contributed by atoms with van der Waals surface area (Å²) in [7, 11) is 0. The van der Waals surface area contributed by atoms with Crippen molar-refractivity contribution in [2.24, 2.45) is 4.99 Å². The van der Waals surface area contributed by atoms with Crippen molar-refractivity contribution in [3.63, 3.8) is 0 Å². The van der Waals surface area contributed by atoms with Crippen LogP contribution in [0.1, 0.15) is 60.8 Å². The molecule has 41 heavy (non-hydrogen) atoms. The smallest absolute Gasteiger partial charge is 0.389 e. The summed E-state index contributed by atoms with van der Waals surface area (Å²) in [5.41, 5.74) is 8.94. The maximum absolute atomic E-state index is 13.3. The lowest BCUT2D eigenvalue weighted by molar-refractivity contribution is -0.136. The first-order chi connectivity index (χ1) is 19.7. The summed E-state index contributed by atoms with van der Waals surface area (Å²) in [6.07, 6.45) is 9.22. The van der Waals surface area contributed by atoms with Gasteiger partial charge in [0.05, 0.1) is 12.2 Å². The van der Waals surface area contributed by atoms with Gasteiger partial charge in [-0.05, 0) is 97.9 Å². The fraction of sp³-hybridized carbons (Fsp3) is 0.375. The number of rotatable bonds is 10. The van der Waals surface area contributed by atoms with Crippen LogP contribution in [0.4, 0.5) is 13.2 Å². The Labute approximate surface area is 238 Å². The largest absolute Gasteiger partial charge is 0.494 e. The van der Waals surface area contributed by atoms with Crippen LogP contribution in [-0.4, -0.2) is 30.6 Å². The molecule has 9 heteroatoms. The van der Waals surface area contributed by atoms with Gasteiger partial charge in [-0.25, -0.2) is 5.48 Å². The maximum atomic E-state index is 13.3. The molecule has 0 spiro atoms. The fourth-order valence-electron chi connectivity index (χ4n) is 5.43. The van der Waals surface area contributed by atoms with Gasteiger partial charge in [-0.3, -0.25) is 4.79 Å². The Morgan fingerprint density at radius 3 is 2.66 bits per heavy atom. The molecule has 0 bridgehead atoms. The van der Waals surface area contributed by atoms with Gasteiger partial charge in [-0.15, -0.1) is 12.8 Å². The molecule has 216 valence electrons. The van der Waals surface area contributed by atoms with Crippen molar-refractivity contribution < 1.29 is 27.5 Å². The number of hydroxylamine groups is 1. The number of amidine groups is 1. The minimum atomic E-state index is -4.17. The van der Waals surface area contributed by atoms with E-state index >= 15 is 0 Å². The molecule has 0 fully saturated rings. The molecule has 2 aliphatic heterocycles. The van der Waals surface area contributed by atoms with Crippen LogP contribution in [0.3, 0.4) is 0 Å². The monoisotopic (exact) mass is 565 g/mol. The third kappa shape index (κ3) is 7.94. The van der Waals surface area contributed by atoms with Gasteiger partial charge in [0.1, 0.15) is 5.75 Å². The van der Waals surface area contributed by atoms with Gasteiger partial charge in [0.25, 0.3) is 5.91 Å². The number of terminal acetylenes is 1. The van der Waals surface area contributed by atoms with Gasteiger partial charge in [-0.2, -0.15) is 18.2 Å². The van der Waals surface area contributed by atoms with Crippen molar-refractivity contribution in [2.75, 3.05) is 6.61 Å². The summed E-state index contributed by atoms with van der Waals surface area (Å²) in [5, 5.41) is 3.13. The standard InChI is InChI=1S/C30H32F3N3O3.C2H2/c1-19-34-28(36-39-19)27-26(23-13-12-21-8-4-9-22(21)17-23)18-24(35-29(27)37)10-2-6-20-7-3-11-25(16-20)38-15-5-14-30(31,32)33;1-2/h3,7,11-13,16-17,24H,1-2,4-6,8-10,14-15,18H2,(H,34,36)(H,35,37);1-2H/t24-;/m0./s1. The highest BCUT2D eigenvalue weighted by Crippen LogP contribution is 2.34. The molecule has 2 heterocycles. The number of hydrogen-bond donors (Lipinski definition) is 2. The summed E-state index contributed by atoms with van der Waals surface area (Å²) in [5.74, 6) is 0.965. The number of carbonyl (C=O) groups is 1. The van der Waals surface area contributed by atoms with Crippen LogP contribution in [0.25, 0.3) is 5.57 Å². The first kappa shape index (κ1) is 29.8. The summed E-state index contributed by atoms with van der Waals surface area (Å²) in [4.78, 5) is 22.8. The highest BCUT2D eigenvalue weighted by atomic mass is 19.4. The molecule has 6 nitrogen and oxygen atoms in total. The maximum Gasteiger partial charge on any atom is 0.389 e. The van der Waals surface area contributed by atoms with Gasteiger partial charge < -0.3 is 14.9 Å². The van der Waals surface area contributed by atoms with E-state index in [4.69, 9.17) is 9.57 Å². The Morgan fingerprint density at radius 2 is 1.90 bits per heavy atom. The zero-order chi connectivity index (χ0) is 29.4. The summed E-state index contributed by atoms with van der Waals surface area (Å²) in [6.45, 7) is 3.73. The normalized spacial score (nSPS) is 18.0. The second kappa shape index (κ2) is 13.4.